The second kappa shape index (κ2) is 13.6. The Morgan fingerprint density at radius 2 is 1.87 bits per heavy atom. The van der Waals surface area contributed by atoms with Gasteiger partial charge >= 0.3 is 0 Å². The Labute approximate surface area is 194 Å². The van der Waals surface area contributed by atoms with E-state index in [9.17, 15) is 4.79 Å². The van der Waals surface area contributed by atoms with Gasteiger partial charge in [0.05, 0.1) is 13.7 Å². The van der Waals surface area contributed by atoms with Gasteiger partial charge in [-0.25, -0.2) is 4.98 Å². The summed E-state index contributed by atoms with van der Waals surface area (Å²) in [5, 5.41) is 9.08. The summed E-state index contributed by atoms with van der Waals surface area (Å²) in [6.45, 7) is 4.82. The third kappa shape index (κ3) is 8.85. The smallest absolute Gasteiger partial charge is 0.227 e. The van der Waals surface area contributed by atoms with E-state index in [1.165, 1.54) is 0 Å². The van der Waals surface area contributed by atoms with Crippen molar-refractivity contribution in [3.63, 3.8) is 0 Å². The first-order valence-electron chi connectivity index (χ1n) is 9.49. The summed E-state index contributed by atoms with van der Waals surface area (Å²) in [5.74, 6) is 2.42. The molecule has 0 spiro atoms. The highest BCUT2D eigenvalue weighted by Crippen LogP contribution is 2.26. The van der Waals surface area contributed by atoms with Crippen LogP contribution in [0.4, 0.5) is 5.82 Å². The first-order valence-corrected chi connectivity index (χ1v) is 9.49. The van der Waals surface area contributed by atoms with Crippen molar-refractivity contribution < 1.29 is 14.3 Å². The largest absolute Gasteiger partial charge is 0.493 e. The molecule has 9 heteroatoms. The number of benzene rings is 1. The predicted molar refractivity (Wildman–Crippen MR) is 130 cm³/mol. The predicted octanol–water partition coefficient (Wildman–Crippen LogP) is 2.98. The molecule has 0 saturated heterocycles. The van der Waals surface area contributed by atoms with Crippen molar-refractivity contribution >= 4 is 41.7 Å². The summed E-state index contributed by atoms with van der Waals surface area (Å²) in [7, 11) is 3.29. The van der Waals surface area contributed by atoms with Gasteiger partial charge in [0.1, 0.15) is 11.9 Å². The number of anilines is 1. The van der Waals surface area contributed by atoms with E-state index in [0.29, 0.717) is 42.8 Å². The van der Waals surface area contributed by atoms with Gasteiger partial charge in [-0.2, -0.15) is 0 Å². The topological polar surface area (TPSA) is 96.9 Å². The minimum atomic E-state index is -0.112. The van der Waals surface area contributed by atoms with Crippen molar-refractivity contribution in [3.8, 4) is 11.5 Å². The van der Waals surface area contributed by atoms with Crippen LogP contribution in [0.5, 0.6) is 11.5 Å². The zero-order valence-electron chi connectivity index (χ0n) is 17.8. The third-order valence-electron chi connectivity index (χ3n) is 3.98. The van der Waals surface area contributed by atoms with E-state index in [1.807, 2.05) is 50.2 Å². The van der Waals surface area contributed by atoms with E-state index in [2.05, 4.69) is 25.9 Å². The number of amides is 1. The summed E-state index contributed by atoms with van der Waals surface area (Å²) in [6, 6.07) is 13.0. The van der Waals surface area contributed by atoms with Crippen molar-refractivity contribution in [2.75, 3.05) is 32.6 Å². The molecule has 0 aliphatic heterocycles. The van der Waals surface area contributed by atoms with E-state index in [1.54, 1.807) is 20.2 Å². The maximum atomic E-state index is 12.0. The van der Waals surface area contributed by atoms with Gasteiger partial charge < -0.3 is 25.4 Å². The summed E-state index contributed by atoms with van der Waals surface area (Å²) >= 11 is 0. The van der Waals surface area contributed by atoms with Crippen molar-refractivity contribution in [1.29, 1.82) is 0 Å². The molecule has 2 rings (SSSR count). The molecule has 8 nitrogen and oxygen atoms in total. The number of carbonyl (C=O) groups is 1. The molecular weight excluding hydrogens is 497 g/mol. The minimum absolute atomic E-state index is 0. The second-order valence-electron chi connectivity index (χ2n) is 6.42. The van der Waals surface area contributed by atoms with Gasteiger partial charge in [-0.05, 0) is 38.1 Å². The Morgan fingerprint density at radius 3 is 2.53 bits per heavy atom. The lowest BCUT2D eigenvalue weighted by Gasteiger charge is -2.19. The van der Waals surface area contributed by atoms with Crippen LogP contribution in [0.1, 0.15) is 19.0 Å². The van der Waals surface area contributed by atoms with Crippen LogP contribution in [-0.4, -0.2) is 50.2 Å². The standard InChI is InChI=1S/C21H29N5O3.HI/c1-15-8-7-11-19(25-15)26-20(27)12-13-23-21(22-3)24-14-16(2)29-18-10-6-5-9-17(18)28-4;/h5-11,16H,12-14H2,1-4H3,(H2,22,23,24)(H,25,26,27);1H. The van der Waals surface area contributed by atoms with Crippen molar-refractivity contribution in [2.45, 2.75) is 26.4 Å². The highest BCUT2D eigenvalue weighted by molar-refractivity contribution is 14.0. The molecular formula is C21H30IN5O3. The van der Waals surface area contributed by atoms with Gasteiger partial charge in [-0.15, -0.1) is 24.0 Å². The van der Waals surface area contributed by atoms with E-state index in [0.717, 1.165) is 5.69 Å². The Morgan fingerprint density at radius 1 is 1.13 bits per heavy atom. The number of rotatable bonds is 9. The quantitative estimate of drug-likeness (QED) is 0.264. The molecule has 1 atom stereocenters. The van der Waals surface area contributed by atoms with Gasteiger partial charge in [0.25, 0.3) is 0 Å². The molecule has 3 N–H and O–H groups in total. The first kappa shape index (κ1) is 25.5. The Hall–Kier alpha value is -2.56. The van der Waals surface area contributed by atoms with E-state index >= 15 is 0 Å². The molecule has 2 aromatic rings. The summed E-state index contributed by atoms with van der Waals surface area (Å²) in [6.07, 6.45) is 0.185. The molecule has 30 heavy (non-hydrogen) atoms. The van der Waals surface area contributed by atoms with Crippen LogP contribution in [0.15, 0.2) is 47.5 Å². The summed E-state index contributed by atoms with van der Waals surface area (Å²) in [4.78, 5) is 20.5. The molecule has 1 aromatic carbocycles. The van der Waals surface area contributed by atoms with E-state index < -0.39 is 0 Å². The summed E-state index contributed by atoms with van der Waals surface area (Å²) in [5.41, 5.74) is 0.856. The summed E-state index contributed by atoms with van der Waals surface area (Å²) < 4.78 is 11.2. The highest BCUT2D eigenvalue weighted by Gasteiger charge is 2.10. The van der Waals surface area contributed by atoms with Crippen LogP contribution < -0.4 is 25.4 Å². The van der Waals surface area contributed by atoms with E-state index in [4.69, 9.17) is 9.47 Å². The van der Waals surface area contributed by atoms with Crippen LogP contribution in [0.3, 0.4) is 0 Å². The van der Waals surface area contributed by atoms with Gasteiger partial charge in [-0.3, -0.25) is 9.79 Å². The van der Waals surface area contributed by atoms with Crippen LogP contribution in [-0.2, 0) is 4.79 Å². The molecule has 1 heterocycles. The number of aryl methyl sites for hydroxylation is 1. The number of para-hydroxylation sites is 2. The van der Waals surface area contributed by atoms with Crippen LogP contribution in [0, 0.1) is 6.92 Å². The second-order valence-corrected chi connectivity index (χ2v) is 6.42. The fourth-order valence-electron chi connectivity index (χ4n) is 2.55. The molecule has 0 aliphatic carbocycles. The fourth-order valence-corrected chi connectivity index (χ4v) is 2.55. The molecule has 1 amide bonds. The normalized spacial score (nSPS) is 11.7. The SMILES string of the molecule is CN=C(NCCC(=O)Nc1cccc(C)n1)NCC(C)Oc1ccccc1OC.I. The molecule has 164 valence electrons. The average molecular weight is 527 g/mol. The monoisotopic (exact) mass is 527 g/mol. The lowest BCUT2D eigenvalue weighted by molar-refractivity contribution is -0.116. The number of methoxy groups -OCH3 is 1. The van der Waals surface area contributed by atoms with Gasteiger partial charge in [0.2, 0.25) is 5.91 Å². The fraction of sp³-hybridized carbons (Fsp3) is 0.381. The molecule has 0 fully saturated rings. The molecule has 0 radical (unpaired) electrons. The minimum Gasteiger partial charge on any atom is -0.493 e. The van der Waals surface area contributed by atoms with Crippen LogP contribution in [0.2, 0.25) is 0 Å². The van der Waals surface area contributed by atoms with E-state index in [-0.39, 0.29) is 36.0 Å². The number of halogens is 1. The van der Waals surface area contributed by atoms with Crippen LogP contribution in [0.25, 0.3) is 0 Å². The lowest BCUT2D eigenvalue weighted by Crippen LogP contribution is -2.42. The molecule has 0 bridgehead atoms. The Bertz CT molecular complexity index is 832. The van der Waals surface area contributed by atoms with Gasteiger partial charge in [0, 0.05) is 25.7 Å². The Balaban J connectivity index is 0.00000450. The number of pyridine rings is 1. The number of hydrogen-bond donors (Lipinski definition) is 3. The molecule has 0 saturated carbocycles. The van der Waals surface area contributed by atoms with Gasteiger partial charge in [-0.1, -0.05) is 18.2 Å². The third-order valence-corrected chi connectivity index (χ3v) is 3.98. The number of nitrogens with zero attached hydrogens (tertiary/aromatic N) is 2. The Kier molecular flexibility index (Phi) is 11.6. The highest BCUT2D eigenvalue weighted by atomic mass is 127. The van der Waals surface area contributed by atoms with Crippen LogP contribution >= 0.6 is 24.0 Å². The average Bonchev–Trinajstić information content (AvgIpc) is 2.71. The van der Waals surface area contributed by atoms with Crippen molar-refractivity contribution in [1.82, 2.24) is 15.6 Å². The maximum Gasteiger partial charge on any atom is 0.227 e. The lowest BCUT2D eigenvalue weighted by atomic mass is 10.3. The molecule has 1 unspecified atom stereocenters. The molecule has 1 aromatic heterocycles. The molecule has 0 aliphatic rings. The number of guanidine groups is 1. The number of hydrogen-bond acceptors (Lipinski definition) is 5. The number of ether oxygens (including phenoxy) is 2. The zero-order chi connectivity index (χ0) is 21.1. The van der Waals surface area contributed by atoms with Crippen molar-refractivity contribution in [3.05, 3.63) is 48.2 Å². The maximum absolute atomic E-state index is 12.0. The number of aliphatic imine (C=N–C) groups is 1. The first-order chi connectivity index (χ1) is 14.0. The zero-order valence-corrected chi connectivity index (χ0v) is 20.1. The van der Waals surface area contributed by atoms with Gasteiger partial charge in [0.15, 0.2) is 17.5 Å². The number of carbonyl (C=O) groups excluding carboxylic acids is 1. The number of nitrogens with one attached hydrogen (secondary N) is 3. The number of aromatic nitrogens is 1. The van der Waals surface area contributed by atoms with Crippen molar-refractivity contribution in [2.24, 2.45) is 4.99 Å².